The third kappa shape index (κ3) is 6.54. The van der Waals surface area contributed by atoms with Crippen LogP contribution in [0.4, 0.5) is 0 Å². The van der Waals surface area contributed by atoms with E-state index in [1.165, 1.54) is 44.0 Å². The van der Waals surface area contributed by atoms with Gasteiger partial charge in [0.05, 0.1) is 22.9 Å². The fourth-order valence-electron chi connectivity index (χ4n) is 8.16. The summed E-state index contributed by atoms with van der Waals surface area (Å²) in [6, 6.07) is 62.6. The molecule has 2 aliphatic rings. The molecule has 1 N–H and O–H groups in total. The smallest absolute Gasteiger partial charge is 0.134 e. The Labute approximate surface area is 327 Å². The van der Waals surface area contributed by atoms with Crippen LogP contribution in [0.2, 0.25) is 0 Å². The summed E-state index contributed by atoms with van der Waals surface area (Å²) in [5.74, 6) is 1.13. The van der Waals surface area contributed by atoms with E-state index in [0.717, 1.165) is 51.4 Å². The fraction of sp³-hybridized carbons (Fsp3) is 0.0566. The molecule has 10 rings (SSSR count). The SMILES string of the molecule is C1=CCC(c2cc(-c3ccccc3)nc3ccc4cc(C5C=C(c6cccc(-c7ccccc7)c6)N=C(c6cccc(-c7ccccc7)c6)N5)ccc4c23)C=C1. The zero-order valence-electron chi connectivity index (χ0n) is 30.9. The second-order valence-electron chi connectivity index (χ2n) is 14.6. The summed E-state index contributed by atoms with van der Waals surface area (Å²) < 4.78 is 0. The van der Waals surface area contributed by atoms with E-state index in [0.29, 0.717) is 0 Å². The quantitative estimate of drug-likeness (QED) is 0.167. The first kappa shape index (κ1) is 33.5. The largest absolute Gasteiger partial charge is 0.359 e. The van der Waals surface area contributed by atoms with E-state index in [4.69, 9.17) is 9.98 Å². The van der Waals surface area contributed by atoms with Crippen LogP contribution in [0.3, 0.4) is 0 Å². The molecule has 0 radical (unpaired) electrons. The molecule has 1 aliphatic heterocycles. The summed E-state index contributed by atoms with van der Waals surface area (Å²) in [7, 11) is 0. The predicted molar refractivity (Wildman–Crippen MR) is 234 cm³/mol. The van der Waals surface area contributed by atoms with E-state index in [1.54, 1.807) is 0 Å². The molecular weight excluding hydrogens is 679 g/mol. The van der Waals surface area contributed by atoms with Gasteiger partial charge in [-0.15, -0.1) is 0 Å². The second kappa shape index (κ2) is 14.6. The lowest BCUT2D eigenvalue weighted by Gasteiger charge is -2.25. The van der Waals surface area contributed by atoms with Crippen molar-refractivity contribution < 1.29 is 0 Å². The summed E-state index contributed by atoms with van der Waals surface area (Å²) >= 11 is 0. The number of pyridine rings is 1. The highest BCUT2D eigenvalue weighted by Crippen LogP contribution is 2.39. The standard InChI is InChI=1S/C53H39N3/c1-5-15-36(16-6-1)40-23-13-25-43(31-40)50-35-51(56-53(55-50)45-26-14-24-41(32-45)37-17-7-2-8-18-37)44-27-29-46-42(33-44)28-30-48-52(46)47(38-19-9-3-10-20-38)34-49(54-48)39-21-11-4-12-22-39/h1-19,21-35,38,51H,20H2,(H,55,56). The molecular formula is C53H39N3. The van der Waals surface area contributed by atoms with Crippen LogP contribution in [0.5, 0.6) is 0 Å². The molecule has 7 aromatic carbocycles. The minimum atomic E-state index is -0.108. The molecule has 0 spiro atoms. The molecule has 3 nitrogen and oxygen atoms in total. The summed E-state index contributed by atoms with van der Waals surface area (Å²) in [5, 5.41) is 7.48. The van der Waals surface area contributed by atoms with Crippen molar-refractivity contribution >= 4 is 33.2 Å². The van der Waals surface area contributed by atoms with Crippen LogP contribution < -0.4 is 5.32 Å². The number of fused-ring (bicyclic) bond motifs is 3. The van der Waals surface area contributed by atoms with E-state index in [-0.39, 0.29) is 12.0 Å². The van der Waals surface area contributed by atoms with Crippen molar-refractivity contribution in [1.82, 2.24) is 10.3 Å². The third-order valence-electron chi connectivity index (χ3n) is 11.0. The number of benzene rings is 7. The van der Waals surface area contributed by atoms with E-state index in [1.807, 2.05) is 0 Å². The fourth-order valence-corrected chi connectivity index (χ4v) is 8.16. The zero-order valence-corrected chi connectivity index (χ0v) is 30.9. The van der Waals surface area contributed by atoms with E-state index >= 15 is 0 Å². The number of hydrogen-bond donors (Lipinski definition) is 1. The van der Waals surface area contributed by atoms with Crippen molar-refractivity contribution in [1.29, 1.82) is 0 Å². The van der Waals surface area contributed by atoms with Crippen LogP contribution in [0.15, 0.2) is 211 Å². The van der Waals surface area contributed by atoms with Gasteiger partial charge in [0.25, 0.3) is 0 Å². The Hall–Kier alpha value is -7.10. The Bertz CT molecular complexity index is 2850. The number of allylic oxidation sites excluding steroid dienone is 4. The second-order valence-corrected chi connectivity index (χ2v) is 14.6. The summed E-state index contributed by atoms with van der Waals surface area (Å²) in [6.07, 6.45) is 12.2. The van der Waals surface area contributed by atoms with Gasteiger partial charge in [-0.3, -0.25) is 0 Å². The van der Waals surface area contributed by atoms with Gasteiger partial charge >= 0.3 is 0 Å². The predicted octanol–water partition coefficient (Wildman–Crippen LogP) is 13.1. The van der Waals surface area contributed by atoms with E-state index < -0.39 is 0 Å². The lowest BCUT2D eigenvalue weighted by molar-refractivity contribution is 0.782. The molecule has 2 heterocycles. The van der Waals surface area contributed by atoms with Crippen molar-refractivity contribution in [2.45, 2.75) is 18.4 Å². The number of rotatable bonds is 7. The maximum atomic E-state index is 5.31. The van der Waals surface area contributed by atoms with Crippen LogP contribution >= 0.6 is 0 Å². The Morgan fingerprint density at radius 2 is 1.16 bits per heavy atom. The lowest BCUT2D eigenvalue weighted by atomic mass is 9.86. The van der Waals surface area contributed by atoms with Crippen molar-refractivity contribution in [2.24, 2.45) is 4.99 Å². The summed E-state index contributed by atoms with van der Waals surface area (Å²) in [6.45, 7) is 0. The van der Waals surface area contributed by atoms with Gasteiger partial charge in [-0.05, 0) is 87.0 Å². The first-order valence-electron chi connectivity index (χ1n) is 19.4. The Balaban J connectivity index is 1.09. The van der Waals surface area contributed by atoms with Crippen molar-refractivity contribution in [3.05, 3.63) is 229 Å². The van der Waals surface area contributed by atoms with Gasteiger partial charge in [0.1, 0.15) is 5.84 Å². The first-order chi connectivity index (χ1) is 27.7. The van der Waals surface area contributed by atoms with Crippen LogP contribution in [-0.4, -0.2) is 10.8 Å². The highest BCUT2D eigenvalue weighted by molar-refractivity contribution is 6.09. The van der Waals surface area contributed by atoms with Gasteiger partial charge in [-0.2, -0.15) is 0 Å². The lowest BCUT2D eigenvalue weighted by Crippen LogP contribution is -2.31. The maximum Gasteiger partial charge on any atom is 0.134 e. The first-order valence-corrected chi connectivity index (χ1v) is 19.4. The number of aliphatic imine (C=N–C) groups is 1. The van der Waals surface area contributed by atoms with Gasteiger partial charge in [0, 0.05) is 28.0 Å². The van der Waals surface area contributed by atoms with Gasteiger partial charge in [0.2, 0.25) is 0 Å². The number of nitrogens with zero attached hydrogens (tertiary/aromatic N) is 2. The molecule has 0 saturated carbocycles. The Morgan fingerprint density at radius 1 is 0.518 bits per heavy atom. The highest BCUT2D eigenvalue weighted by atomic mass is 15.0. The Morgan fingerprint density at radius 3 is 1.86 bits per heavy atom. The van der Waals surface area contributed by atoms with Crippen molar-refractivity contribution in [3.63, 3.8) is 0 Å². The van der Waals surface area contributed by atoms with Crippen molar-refractivity contribution in [3.8, 4) is 33.5 Å². The topological polar surface area (TPSA) is 37.3 Å². The summed E-state index contributed by atoms with van der Waals surface area (Å²) in [5.41, 5.74) is 13.4. The molecule has 0 saturated heterocycles. The summed E-state index contributed by atoms with van der Waals surface area (Å²) in [4.78, 5) is 10.5. The van der Waals surface area contributed by atoms with Crippen molar-refractivity contribution in [2.75, 3.05) is 0 Å². The number of aromatic nitrogens is 1. The number of amidine groups is 1. The normalized spacial score (nSPS) is 16.4. The minimum Gasteiger partial charge on any atom is -0.359 e. The van der Waals surface area contributed by atoms with Gasteiger partial charge < -0.3 is 5.32 Å². The zero-order chi connectivity index (χ0) is 37.3. The molecule has 2 unspecified atom stereocenters. The third-order valence-corrected chi connectivity index (χ3v) is 11.0. The van der Waals surface area contributed by atoms with Gasteiger partial charge in [-0.1, -0.05) is 170 Å². The molecule has 0 bridgehead atoms. The maximum absolute atomic E-state index is 5.31. The van der Waals surface area contributed by atoms with Crippen LogP contribution in [-0.2, 0) is 0 Å². The average Bonchev–Trinajstić information content (AvgIpc) is 3.29. The highest BCUT2D eigenvalue weighted by Gasteiger charge is 2.22. The van der Waals surface area contributed by atoms with Crippen LogP contribution in [0.25, 0.3) is 60.9 Å². The average molecular weight is 718 g/mol. The molecule has 0 amide bonds. The molecule has 266 valence electrons. The number of hydrogen-bond acceptors (Lipinski definition) is 3. The number of nitrogens with one attached hydrogen (secondary N) is 1. The van der Waals surface area contributed by atoms with E-state index in [9.17, 15) is 0 Å². The molecule has 1 aromatic heterocycles. The Kier molecular flexibility index (Phi) is 8.74. The molecule has 56 heavy (non-hydrogen) atoms. The minimum absolute atomic E-state index is 0.108. The molecule has 1 aliphatic carbocycles. The monoisotopic (exact) mass is 717 g/mol. The molecule has 3 heteroatoms. The molecule has 0 fully saturated rings. The molecule has 2 atom stereocenters. The van der Waals surface area contributed by atoms with E-state index in [2.05, 4.69) is 212 Å². The van der Waals surface area contributed by atoms with Crippen LogP contribution in [0.1, 0.15) is 40.6 Å². The van der Waals surface area contributed by atoms with Crippen LogP contribution in [0, 0.1) is 0 Å². The molecule has 8 aromatic rings. The van der Waals surface area contributed by atoms with Gasteiger partial charge in [0.15, 0.2) is 0 Å². The van der Waals surface area contributed by atoms with Gasteiger partial charge in [-0.25, -0.2) is 9.98 Å².